The van der Waals surface area contributed by atoms with Gasteiger partial charge in [-0.2, -0.15) is 4.98 Å². The third-order valence-electron chi connectivity index (χ3n) is 2.65. The van der Waals surface area contributed by atoms with E-state index in [2.05, 4.69) is 15.5 Å². The summed E-state index contributed by atoms with van der Waals surface area (Å²) in [5.74, 6) is 1.74. The average Bonchev–Trinajstić information content (AvgIpc) is 2.95. The van der Waals surface area contributed by atoms with Gasteiger partial charge in [0.2, 0.25) is 5.82 Å². The number of hydrogen-bond acceptors (Lipinski definition) is 7. The van der Waals surface area contributed by atoms with Gasteiger partial charge in [-0.05, 0) is 18.2 Å². The highest BCUT2D eigenvalue weighted by Gasteiger charge is 2.11. The molecule has 1 aromatic heterocycles. The summed E-state index contributed by atoms with van der Waals surface area (Å²) in [6.45, 7) is 1.16. The van der Waals surface area contributed by atoms with Gasteiger partial charge in [0, 0.05) is 19.2 Å². The Morgan fingerprint density at radius 2 is 1.95 bits per heavy atom. The first-order chi connectivity index (χ1) is 9.78. The fourth-order valence-corrected chi connectivity index (χ4v) is 1.65. The number of benzene rings is 1. The molecule has 0 unspecified atom stereocenters. The summed E-state index contributed by atoms with van der Waals surface area (Å²) in [5, 5.41) is 6.88. The third kappa shape index (κ3) is 3.18. The minimum absolute atomic E-state index is 0.354. The maximum atomic E-state index is 5.24. The van der Waals surface area contributed by atoms with Gasteiger partial charge < -0.3 is 24.1 Å². The molecule has 0 fully saturated rings. The van der Waals surface area contributed by atoms with Crippen LogP contribution in [0, 0.1) is 0 Å². The standard InChI is InChI=1S/C13H17N3O4/c1-17-7-6-14-13-15-12(16-20-13)9-4-5-10(18-2)11(8-9)19-3/h4-5,8H,6-7H2,1-3H3,(H,14,15,16). The quantitative estimate of drug-likeness (QED) is 0.774. The van der Waals surface area contributed by atoms with Gasteiger partial charge in [0.15, 0.2) is 11.5 Å². The lowest BCUT2D eigenvalue weighted by Crippen LogP contribution is -2.07. The molecule has 0 amide bonds. The minimum Gasteiger partial charge on any atom is -0.493 e. The lowest BCUT2D eigenvalue weighted by molar-refractivity contribution is 0.210. The second-order valence-corrected chi connectivity index (χ2v) is 3.91. The molecule has 0 atom stereocenters. The molecule has 0 bridgehead atoms. The average molecular weight is 279 g/mol. The summed E-state index contributed by atoms with van der Waals surface area (Å²) in [6, 6.07) is 5.78. The molecule has 0 aliphatic rings. The number of rotatable bonds is 7. The molecule has 2 rings (SSSR count). The van der Waals surface area contributed by atoms with Crippen LogP contribution in [0.3, 0.4) is 0 Å². The number of hydrogen-bond donors (Lipinski definition) is 1. The summed E-state index contributed by atoms with van der Waals surface area (Å²) in [7, 11) is 4.80. The van der Waals surface area contributed by atoms with Gasteiger partial charge in [0.1, 0.15) is 0 Å². The number of aromatic nitrogens is 2. The monoisotopic (exact) mass is 279 g/mol. The molecule has 0 aliphatic heterocycles. The van der Waals surface area contributed by atoms with Gasteiger partial charge in [0.25, 0.3) is 0 Å². The molecular weight excluding hydrogens is 262 g/mol. The molecule has 20 heavy (non-hydrogen) atoms. The van der Waals surface area contributed by atoms with Crippen molar-refractivity contribution in [3.63, 3.8) is 0 Å². The topological polar surface area (TPSA) is 78.6 Å². The van der Waals surface area contributed by atoms with Gasteiger partial charge >= 0.3 is 6.01 Å². The van der Waals surface area contributed by atoms with Crippen molar-refractivity contribution in [1.82, 2.24) is 10.1 Å². The van der Waals surface area contributed by atoms with E-state index in [4.69, 9.17) is 18.7 Å². The van der Waals surface area contributed by atoms with Crippen molar-refractivity contribution in [3.05, 3.63) is 18.2 Å². The second kappa shape index (κ2) is 6.76. The van der Waals surface area contributed by atoms with E-state index in [1.54, 1.807) is 33.5 Å². The number of ether oxygens (including phenoxy) is 3. The number of anilines is 1. The van der Waals surface area contributed by atoms with Crippen molar-refractivity contribution in [2.75, 3.05) is 39.8 Å². The molecule has 0 spiro atoms. The molecule has 0 aliphatic carbocycles. The molecule has 1 N–H and O–H groups in total. The van der Waals surface area contributed by atoms with E-state index in [9.17, 15) is 0 Å². The molecule has 7 heteroatoms. The van der Waals surface area contributed by atoms with Crippen LogP contribution in [0.5, 0.6) is 11.5 Å². The molecular formula is C13H17N3O4. The zero-order valence-electron chi connectivity index (χ0n) is 11.7. The van der Waals surface area contributed by atoms with Crippen molar-refractivity contribution in [3.8, 4) is 22.9 Å². The van der Waals surface area contributed by atoms with E-state index >= 15 is 0 Å². The maximum Gasteiger partial charge on any atom is 0.321 e. The first kappa shape index (κ1) is 14.1. The van der Waals surface area contributed by atoms with Crippen molar-refractivity contribution in [2.24, 2.45) is 0 Å². The van der Waals surface area contributed by atoms with Crippen LogP contribution in [-0.2, 0) is 4.74 Å². The first-order valence-corrected chi connectivity index (χ1v) is 6.07. The molecule has 2 aromatic rings. The van der Waals surface area contributed by atoms with Crippen LogP contribution in [0.4, 0.5) is 6.01 Å². The van der Waals surface area contributed by atoms with Crippen molar-refractivity contribution < 1.29 is 18.7 Å². The van der Waals surface area contributed by atoms with Crippen molar-refractivity contribution in [2.45, 2.75) is 0 Å². The van der Waals surface area contributed by atoms with Crippen LogP contribution in [0.15, 0.2) is 22.7 Å². The van der Waals surface area contributed by atoms with Gasteiger partial charge in [-0.15, -0.1) is 0 Å². The van der Waals surface area contributed by atoms with Gasteiger partial charge in [-0.3, -0.25) is 0 Å². The lowest BCUT2D eigenvalue weighted by atomic mass is 10.2. The first-order valence-electron chi connectivity index (χ1n) is 6.07. The summed E-state index contributed by atoms with van der Waals surface area (Å²) in [4.78, 5) is 4.24. The van der Waals surface area contributed by atoms with Crippen LogP contribution in [0.2, 0.25) is 0 Å². The number of nitrogens with one attached hydrogen (secondary N) is 1. The van der Waals surface area contributed by atoms with Crippen LogP contribution in [-0.4, -0.2) is 44.6 Å². The predicted octanol–water partition coefficient (Wildman–Crippen LogP) is 1.81. The third-order valence-corrected chi connectivity index (χ3v) is 2.65. The van der Waals surface area contributed by atoms with Crippen molar-refractivity contribution >= 4 is 6.01 Å². The highest BCUT2D eigenvalue weighted by Crippen LogP contribution is 2.31. The van der Waals surface area contributed by atoms with Crippen LogP contribution in [0.25, 0.3) is 11.4 Å². The van der Waals surface area contributed by atoms with Gasteiger partial charge in [0.05, 0.1) is 20.8 Å². The molecule has 1 aromatic carbocycles. The van der Waals surface area contributed by atoms with E-state index in [-0.39, 0.29) is 0 Å². The molecule has 0 radical (unpaired) electrons. The summed E-state index contributed by atoms with van der Waals surface area (Å²) >= 11 is 0. The normalized spacial score (nSPS) is 10.3. The van der Waals surface area contributed by atoms with E-state index in [1.165, 1.54) is 0 Å². The number of nitrogens with zero attached hydrogens (tertiary/aromatic N) is 2. The van der Waals surface area contributed by atoms with E-state index < -0.39 is 0 Å². The Kier molecular flexibility index (Phi) is 4.78. The Labute approximate surface area is 116 Å². The predicted molar refractivity (Wildman–Crippen MR) is 73.2 cm³/mol. The summed E-state index contributed by atoms with van der Waals surface area (Å²) in [6.07, 6.45) is 0. The highest BCUT2D eigenvalue weighted by molar-refractivity contribution is 5.61. The zero-order chi connectivity index (χ0) is 14.4. The fourth-order valence-electron chi connectivity index (χ4n) is 1.65. The van der Waals surface area contributed by atoms with E-state index in [1.807, 2.05) is 6.07 Å². The maximum absolute atomic E-state index is 5.24. The molecule has 0 saturated carbocycles. The Morgan fingerprint density at radius 3 is 2.65 bits per heavy atom. The van der Waals surface area contributed by atoms with Crippen LogP contribution < -0.4 is 14.8 Å². The SMILES string of the molecule is COCCNc1nc(-c2ccc(OC)c(OC)c2)no1. The van der Waals surface area contributed by atoms with E-state index in [0.29, 0.717) is 36.5 Å². The lowest BCUT2D eigenvalue weighted by Gasteiger charge is -2.07. The molecule has 0 saturated heterocycles. The molecule has 108 valence electrons. The van der Waals surface area contributed by atoms with Crippen LogP contribution >= 0.6 is 0 Å². The van der Waals surface area contributed by atoms with Gasteiger partial charge in [-0.25, -0.2) is 0 Å². The Bertz CT molecular complexity index is 556. The fraction of sp³-hybridized carbons (Fsp3) is 0.385. The van der Waals surface area contributed by atoms with Crippen molar-refractivity contribution in [1.29, 1.82) is 0 Å². The van der Waals surface area contributed by atoms with Crippen LogP contribution in [0.1, 0.15) is 0 Å². The van der Waals surface area contributed by atoms with Gasteiger partial charge in [-0.1, -0.05) is 5.16 Å². The Hall–Kier alpha value is -2.28. The zero-order valence-corrected chi connectivity index (χ0v) is 11.7. The van der Waals surface area contributed by atoms with E-state index in [0.717, 1.165) is 5.56 Å². The second-order valence-electron chi connectivity index (χ2n) is 3.91. The Balaban J connectivity index is 2.15. The molecule has 1 heterocycles. The highest BCUT2D eigenvalue weighted by atomic mass is 16.5. The smallest absolute Gasteiger partial charge is 0.321 e. The largest absolute Gasteiger partial charge is 0.493 e. The Morgan fingerprint density at radius 1 is 1.15 bits per heavy atom. The summed E-state index contributed by atoms with van der Waals surface area (Å²) in [5.41, 5.74) is 0.784. The summed E-state index contributed by atoms with van der Waals surface area (Å²) < 4.78 is 20.4. The molecule has 7 nitrogen and oxygen atoms in total. The number of methoxy groups -OCH3 is 3. The minimum atomic E-state index is 0.354.